The molecular weight excluding hydrogens is 390 g/mol. The van der Waals surface area contributed by atoms with Gasteiger partial charge in [-0.15, -0.1) is 0 Å². The van der Waals surface area contributed by atoms with Crippen molar-refractivity contribution in [1.29, 1.82) is 0 Å². The number of carbonyl (C=O) groups is 1. The Hall–Kier alpha value is -2.39. The minimum Gasteiger partial charge on any atom is -0.484 e. The summed E-state index contributed by atoms with van der Waals surface area (Å²) in [5.74, 6) is -1.79. The van der Waals surface area contributed by atoms with Gasteiger partial charge in [-0.25, -0.2) is 17.2 Å². The van der Waals surface area contributed by atoms with Crippen molar-refractivity contribution in [2.75, 3.05) is 17.6 Å². The molecule has 6 nitrogen and oxygen atoms in total. The standard InChI is InChI=1S/C16H15ClF2N2O4S/c1-26(23,24)21-15-5-2-10(6-14(15)19)8-20-16(22)9-25-11-3-4-12(17)13(18)7-11/h2-7,21H,8-9H2,1H3,(H,20,22). The van der Waals surface area contributed by atoms with Crippen molar-refractivity contribution in [3.05, 3.63) is 58.6 Å². The maximum atomic E-state index is 13.8. The second-order valence-corrected chi connectivity index (χ2v) is 7.49. The molecule has 0 aliphatic heterocycles. The van der Waals surface area contributed by atoms with Gasteiger partial charge in [-0.1, -0.05) is 17.7 Å². The van der Waals surface area contributed by atoms with Gasteiger partial charge in [0.25, 0.3) is 5.91 Å². The number of hydrogen-bond donors (Lipinski definition) is 2. The Balaban J connectivity index is 1.87. The second-order valence-electron chi connectivity index (χ2n) is 5.33. The van der Waals surface area contributed by atoms with Gasteiger partial charge in [0.15, 0.2) is 6.61 Å². The number of halogens is 3. The maximum absolute atomic E-state index is 13.8. The molecule has 0 bridgehead atoms. The summed E-state index contributed by atoms with van der Waals surface area (Å²) in [6, 6.07) is 7.60. The number of anilines is 1. The molecule has 0 spiro atoms. The van der Waals surface area contributed by atoms with Crippen molar-refractivity contribution in [3.8, 4) is 5.75 Å². The van der Waals surface area contributed by atoms with E-state index < -0.39 is 27.6 Å². The van der Waals surface area contributed by atoms with Crippen molar-refractivity contribution in [3.63, 3.8) is 0 Å². The van der Waals surface area contributed by atoms with Crippen molar-refractivity contribution >= 4 is 33.2 Å². The third kappa shape index (κ3) is 6.16. The highest BCUT2D eigenvalue weighted by Crippen LogP contribution is 2.20. The molecule has 2 aromatic rings. The van der Waals surface area contributed by atoms with Crippen LogP contribution in [0.15, 0.2) is 36.4 Å². The molecule has 0 unspecified atom stereocenters. The van der Waals surface area contributed by atoms with E-state index in [1.165, 1.54) is 24.3 Å². The van der Waals surface area contributed by atoms with E-state index in [1.807, 2.05) is 4.72 Å². The SMILES string of the molecule is CS(=O)(=O)Nc1ccc(CNC(=O)COc2ccc(Cl)c(F)c2)cc1F. The average molecular weight is 405 g/mol. The van der Waals surface area contributed by atoms with Crippen LogP contribution in [0.1, 0.15) is 5.56 Å². The van der Waals surface area contributed by atoms with Crippen LogP contribution in [0.3, 0.4) is 0 Å². The van der Waals surface area contributed by atoms with E-state index in [-0.39, 0.29) is 29.6 Å². The number of hydrogen-bond acceptors (Lipinski definition) is 4. The largest absolute Gasteiger partial charge is 0.484 e. The first-order valence-corrected chi connectivity index (χ1v) is 9.52. The van der Waals surface area contributed by atoms with Crippen molar-refractivity contribution in [2.45, 2.75) is 6.54 Å². The molecule has 0 aliphatic carbocycles. The molecule has 0 radical (unpaired) electrons. The topological polar surface area (TPSA) is 84.5 Å². The zero-order chi connectivity index (χ0) is 19.3. The number of carbonyl (C=O) groups excluding carboxylic acids is 1. The quantitative estimate of drug-likeness (QED) is 0.743. The van der Waals surface area contributed by atoms with Crippen LogP contribution in [0.5, 0.6) is 5.75 Å². The molecule has 0 saturated carbocycles. The third-order valence-electron chi connectivity index (χ3n) is 3.08. The lowest BCUT2D eigenvalue weighted by molar-refractivity contribution is -0.123. The van der Waals surface area contributed by atoms with Gasteiger partial charge in [0.05, 0.1) is 17.0 Å². The zero-order valence-corrected chi connectivity index (χ0v) is 15.1. The minimum atomic E-state index is -3.59. The average Bonchev–Trinajstić information content (AvgIpc) is 2.55. The summed E-state index contributed by atoms with van der Waals surface area (Å²) in [5.41, 5.74) is 0.239. The number of rotatable bonds is 7. The fourth-order valence-electron chi connectivity index (χ4n) is 1.92. The molecule has 0 atom stereocenters. The predicted molar refractivity (Wildman–Crippen MR) is 93.6 cm³/mol. The Labute approximate surface area is 154 Å². The van der Waals surface area contributed by atoms with Crippen LogP contribution in [0.25, 0.3) is 0 Å². The molecule has 0 aromatic heterocycles. The Morgan fingerprint density at radius 3 is 2.50 bits per heavy atom. The number of ether oxygens (including phenoxy) is 1. The fourth-order valence-corrected chi connectivity index (χ4v) is 2.60. The van der Waals surface area contributed by atoms with E-state index in [0.717, 1.165) is 18.4 Å². The van der Waals surface area contributed by atoms with Crippen molar-refractivity contribution in [1.82, 2.24) is 5.32 Å². The van der Waals surface area contributed by atoms with E-state index in [2.05, 4.69) is 5.32 Å². The Kier molecular flexibility index (Phi) is 6.38. The van der Waals surface area contributed by atoms with Crippen LogP contribution < -0.4 is 14.8 Å². The summed E-state index contributed by atoms with van der Waals surface area (Å²) in [6.45, 7) is -0.357. The Morgan fingerprint density at radius 1 is 1.15 bits per heavy atom. The summed E-state index contributed by atoms with van der Waals surface area (Å²) in [6.07, 6.45) is 0.910. The van der Waals surface area contributed by atoms with Gasteiger partial charge in [0, 0.05) is 12.6 Å². The van der Waals surface area contributed by atoms with E-state index in [0.29, 0.717) is 5.56 Å². The molecule has 2 rings (SSSR count). The summed E-state index contributed by atoms with van der Waals surface area (Å²) in [5, 5.41) is 2.44. The van der Waals surface area contributed by atoms with Crippen LogP contribution in [-0.4, -0.2) is 27.2 Å². The lowest BCUT2D eigenvalue weighted by atomic mass is 10.2. The first-order chi connectivity index (χ1) is 12.1. The molecule has 2 aromatic carbocycles. The molecular formula is C16H15ClF2N2O4S. The van der Waals surface area contributed by atoms with Gasteiger partial charge in [0.1, 0.15) is 17.4 Å². The van der Waals surface area contributed by atoms with Crippen LogP contribution in [-0.2, 0) is 21.4 Å². The van der Waals surface area contributed by atoms with Crippen LogP contribution >= 0.6 is 11.6 Å². The van der Waals surface area contributed by atoms with Crippen LogP contribution in [0.2, 0.25) is 5.02 Å². The molecule has 0 aliphatic rings. The number of amides is 1. The maximum Gasteiger partial charge on any atom is 0.258 e. The first-order valence-electron chi connectivity index (χ1n) is 7.25. The normalized spacial score (nSPS) is 11.1. The van der Waals surface area contributed by atoms with Gasteiger partial charge in [-0.2, -0.15) is 0 Å². The Bertz CT molecular complexity index is 922. The lowest BCUT2D eigenvalue weighted by Crippen LogP contribution is -2.28. The summed E-state index contributed by atoms with van der Waals surface area (Å²) < 4.78 is 56.5. The number of nitrogens with one attached hydrogen (secondary N) is 2. The molecule has 10 heteroatoms. The molecule has 2 N–H and O–H groups in total. The van der Waals surface area contributed by atoms with E-state index in [1.54, 1.807) is 0 Å². The van der Waals surface area contributed by atoms with Gasteiger partial charge in [0.2, 0.25) is 10.0 Å². The van der Waals surface area contributed by atoms with Crippen molar-refractivity contribution < 1.29 is 26.7 Å². The summed E-state index contributed by atoms with van der Waals surface area (Å²) in [4.78, 5) is 11.7. The van der Waals surface area contributed by atoms with E-state index >= 15 is 0 Å². The smallest absolute Gasteiger partial charge is 0.258 e. The molecule has 26 heavy (non-hydrogen) atoms. The second kappa shape index (κ2) is 8.33. The van der Waals surface area contributed by atoms with Gasteiger partial charge < -0.3 is 10.1 Å². The predicted octanol–water partition coefficient (Wildman–Crippen LogP) is 2.68. The van der Waals surface area contributed by atoms with Gasteiger partial charge in [-0.3, -0.25) is 9.52 Å². The molecule has 0 saturated heterocycles. The van der Waals surface area contributed by atoms with Gasteiger partial charge in [-0.05, 0) is 29.8 Å². The van der Waals surface area contributed by atoms with E-state index in [4.69, 9.17) is 16.3 Å². The monoisotopic (exact) mass is 404 g/mol. The highest BCUT2D eigenvalue weighted by molar-refractivity contribution is 7.92. The van der Waals surface area contributed by atoms with Crippen molar-refractivity contribution in [2.24, 2.45) is 0 Å². The summed E-state index contributed by atoms with van der Waals surface area (Å²) in [7, 11) is -3.59. The lowest BCUT2D eigenvalue weighted by Gasteiger charge is -2.10. The molecule has 1 amide bonds. The molecule has 140 valence electrons. The number of sulfonamides is 1. The zero-order valence-electron chi connectivity index (χ0n) is 13.6. The molecule has 0 fully saturated rings. The third-order valence-corrected chi connectivity index (χ3v) is 3.98. The minimum absolute atomic E-state index is 0.00719. The van der Waals surface area contributed by atoms with Crippen LogP contribution in [0.4, 0.5) is 14.5 Å². The highest BCUT2D eigenvalue weighted by Gasteiger charge is 2.10. The van der Waals surface area contributed by atoms with Gasteiger partial charge >= 0.3 is 0 Å². The summed E-state index contributed by atoms with van der Waals surface area (Å²) >= 11 is 5.54. The van der Waals surface area contributed by atoms with E-state index in [9.17, 15) is 22.0 Å². The van der Waals surface area contributed by atoms with Crippen LogP contribution in [0, 0.1) is 11.6 Å². The Morgan fingerprint density at radius 2 is 1.88 bits per heavy atom. The number of benzene rings is 2. The first kappa shape index (κ1) is 19.9. The molecule has 0 heterocycles. The fraction of sp³-hybridized carbons (Fsp3) is 0.188. The highest BCUT2D eigenvalue weighted by atomic mass is 35.5.